The molecule has 15 heavy (non-hydrogen) atoms. The third-order valence-corrected chi connectivity index (χ3v) is 3.02. The van der Waals surface area contributed by atoms with Gasteiger partial charge in [-0.3, -0.25) is 0 Å². The van der Waals surface area contributed by atoms with E-state index in [2.05, 4.69) is 15.9 Å². The van der Waals surface area contributed by atoms with E-state index >= 15 is 0 Å². The second-order valence-corrected chi connectivity index (χ2v) is 4.50. The van der Waals surface area contributed by atoms with Gasteiger partial charge in [-0.15, -0.1) is 0 Å². The molecule has 2 atom stereocenters. The Hall–Kier alpha value is -0.380. The molecule has 1 aromatic carbocycles. The minimum absolute atomic E-state index is 0.0753. The number of hydrogen-bond donors (Lipinski definition) is 1. The summed E-state index contributed by atoms with van der Waals surface area (Å²) in [6.45, 7) is 2.01. The normalized spacial score (nSPS) is 14.9. The molecule has 1 rings (SSSR count). The quantitative estimate of drug-likeness (QED) is 0.893. The molecule has 0 fully saturated rings. The Morgan fingerprint density at radius 2 is 1.93 bits per heavy atom. The van der Waals surface area contributed by atoms with Crippen LogP contribution in [0, 0.1) is 0 Å². The van der Waals surface area contributed by atoms with Gasteiger partial charge in [-0.1, -0.05) is 35.0 Å². The number of aliphatic hydroxyl groups excluding tert-OH is 1. The summed E-state index contributed by atoms with van der Waals surface area (Å²) in [6, 6.07) is 7.98. The van der Waals surface area contributed by atoms with Crippen molar-refractivity contribution in [2.24, 2.45) is 0 Å². The minimum Gasteiger partial charge on any atom is -0.390 e. The van der Waals surface area contributed by atoms with Gasteiger partial charge in [0, 0.05) is 18.0 Å². The molecular weight excluding hydrogens is 256 g/mol. The van der Waals surface area contributed by atoms with Crippen LogP contribution in [-0.2, 0) is 11.2 Å². The molecule has 0 aromatic heterocycles. The SMILES string of the molecule is CCC(OC)C(O)Cc1ccc(Br)cc1. The summed E-state index contributed by atoms with van der Waals surface area (Å²) in [5, 5.41) is 9.89. The third kappa shape index (κ3) is 3.93. The summed E-state index contributed by atoms with van der Waals surface area (Å²) in [5.41, 5.74) is 1.13. The minimum atomic E-state index is -0.429. The smallest absolute Gasteiger partial charge is 0.0841 e. The van der Waals surface area contributed by atoms with E-state index in [0.717, 1.165) is 16.5 Å². The summed E-state index contributed by atoms with van der Waals surface area (Å²) in [5.74, 6) is 0. The van der Waals surface area contributed by atoms with Crippen molar-refractivity contribution in [2.45, 2.75) is 32.0 Å². The van der Waals surface area contributed by atoms with Crippen LogP contribution in [0.5, 0.6) is 0 Å². The molecule has 0 aliphatic heterocycles. The van der Waals surface area contributed by atoms with Gasteiger partial charge in [0.15, 0.2) is 0 Å². The highest BCUT2D eigenvalue weighted by Gasteiger charge is 2.16. The predicted molar refractivity (Wildman–Crippen MR) is 64.9 cm³/mol. The van der Waals surface area contributed by atoms with Crippen LogP contribution in [-0.4, -0.2) is 24.4 Å². The molecule has 3 heteroatoms. The summed E-state index contributed by atoms with van der Waals surface area (Å²) >= 11 is 3.38. The van der Waals surface area contributed by atoms with Crippen LogP contribution in [0.4, 0.5) is 0 Å². The van der Waals surface area contributed by atoms with E-state index in [-0.39, 0.29) is 6.10 Å². The fourth-order valence-electron chi connectivity index (χ4n) is 1.59. The highest BCUT2D eigenvalue weighted by molar-refractivity contribution is 9.10. The summed E-state index contributed by atoms with van der Waals surface area (Å²) in [4.78, 5) is 0. The van der Waals surface area contributed by atoms with Crippen LogP contribution in [0.3, 0.4) is 0 Å². The van der Waals surface area contributed by atoms with Crippen LogP contribution in [0.1, 0.15) is 18.9 Å². The van der Waals surface area contributed by atoms with Crippen molar-refractivity contribution in [2.75, 3.05) is 7.11 Å². The fraction of sp³-hybridized carbons (Fsp3) is 0.500. The molecule has 0 saturated heterocycles. The molecule has 0 bridgehead atoms. The van der Waals surface area contributed by atoms with Gasteiger partial charge in [-0.2, -0.15) is 0 Å². The van der Waals surface area contributed by atoms with Crippen molar-refractivity contribution in [3.05, 3.63) is 34.3 Å². The Bertz CT molecular complexity index is 280. The maximum Gasteiger partial charge on any atom is 0.0841 e. The van der Waals surface area contributed by atoms with E-state index < -0.39 is 6.10 Å². The average molecular weight is 273 g/mol. The maximum absolute atomic E-state index is 9.89. The lowest BCUT2D eigenvalue weighted by molar-refractivity contribution is -0.0128. The Labute approximate surface area is 99.4 Å². The fourth-order valence-corrected chi connectivity index (χ4v) is 1.85. The molecule has 0 amide bonds. The number of aliphatic hydroxyl groups is 1. The van der Waals surface area contributed by atoms with Crippen LogP contribution in [0.2, 0.25) is 0 Å². The van der Waals surface area contributed by atoms with Crippen molar-refractivity contribution in [1.82, 2.24) is 0 Å². The molecule has 0 heterocycles. The second-order valence-electron chi connectivity index (χ2n) is 3.58. The van der Waals surface area contributed by atoms with Gasteiger partial charge in [0.2, 0.25) is 0 Å². The summed E-state index contributed by atoms with van der Waals surface area (Å²) in [7, 11) is 1.64. The number of methoxy groups -OCH3 is 1. The van der Waals surface area contributed by atoms with Crippen molar-refractivity contribution >= 4 is 15.9 Å². The maximum atomic E-state index is 9.89. The first-order valence-electron chi connectivity index (χ1n) is 5.12. The van der Waals surface area contributed by atoms with Crippen LogP contribution in [0.25, 0.3) is 0 Å². The average Bonchev–Trinajstić information content (AvgIpc) is 2.23. The van der Waals surface area contributed by atoms with Gasteiger partial charge < -0.3 is 9.84 Å². The summed E-state index contributed by atoms with van der Waals surface area (Å²) < 4.78 is 6.25. The molecule has 0 saturated carbocycles. The van der Waals surface area contributed by atoms with Crippen molar-refractivity contribution in [3.63, 3.8) is 0 Å². The van der Waals surface area contributed by atoms with E-state index in [4.69, 9.17) is 4.74 Å². The molecule has 1 N–H and O–H groups in total. The number of halogens is 1. The molecule has 0 aliphatic rings. The summed E-state index contributed by atoms with van der Waals surface area (Å²) in [6.07, 6.45) is 0.961. The zero-order valence-electron chi connectivity index (χ0n) is 9.11. The molecule has 0 radical (unpaired) electrons. The number of rotatable bonds is 5. The molecular formula is C12H17BrO2. The lowest BCUT2D eigenvalue weighted by atomic mass is 10.0. The highest BCUT2D eigenvalue weighted by atomic mass is 79.9. The Balaban J connectivity index is 2.57. The highest BCUT2D eigenvalue weighted by Crippen LogP contribution is 2.14. The van der Waals surface area contributed by atoms with Crippen LogP contribution >= 0.6 is 15.9 Å². The first kappa shape index (κ1) is 12.7. The van der Waals surface area contributed by atoms with Crippen molar-refractivity contribution in [1.29, 1.82) is 0 Å². The Kier molecular flexibility index (Phi) is 5.29. The van der Waals surface area contributed by atoms with E-state index in [9.17, 15) is 5.11 Å². The zero-order chi connectivity index (χ0) is 11.3. The Morgan fingerprint density at radius 3 is 2.40 bits per heavy atom. The number of ether oxygens (including phenoxy) is 1. The number of hydrogen-bond acceptors (Lipinski definition) is 2. The second kappa shape index (κ2) is 6.26. The van der Waals surface area contributed by atoms with Gasteiger partial charge in [0.25, 0.3) is 0 Å². The predicted octanol–water partition coefficient (Wildman–Crippen LogP) is 2.78. The van der Waals surface area contributed by atoms with E-state index in [0.29, 0.717) is 6.42 Å². The van der Waals surface area contributed by atoms with E-state index in [1.165, 1.54) is 0 Å². The topological polar surface area (TPSA) is 29.5 Å². The lowest BCUT2D eigenvalue weighted by Gasteiger charge is -2.20. The van der Waals surface area contributed by atoms with Crippen LogP contribution in [0.15, 0.2) is 28.7 Å². The zero-order valence-corrected chi connectivity index (χ0v) is 10.7. The van der Waals surface area contributed by atoms with Crippen molar-refractivity contribution < 1.29 is 9.84 Å². The van der Waals surface area contributed by atoms with Gasteiger partial charge in [-0.25, -0.2) is 0 Å². The van der Waals surface area contributed by atoms with E-state index in [1.54, 1.807) is 7.11 Å². The largest absolute Gasteiger partial charge is 0.390 e. The standard InChI is InChI=1S/C12H17BrO2/c1-3-12(15-2)11(14)8-9-4-6-10(13)7-5-9/h4-7,11-12,14H,3,8H2,1-2H3. The molecule has 0 aliphatic carbocycles. The molecule has 2 nitrogen and oxygen atoms in total. The third-order valence-electron chi connectivity index (χ3n) is 2.49. The van der Waals surface area contributed by atoms with Gasteiger partial charge in [0.05, 0.1) is 12.2 Å². The monoisotopic (exact) mass is 272 g/mol. The van der Waals surface area contributed by atoms with Gasteiger partial charge in [-0.05, 0) is 24.1 Å². The van der Waals surface area contributed by atoms with Crippen LogP contribution < -0.4 is 0 Å². The van der Waals surface area contributed by atoms with Gasteiger partial charge in [0.1, 0.15) is 0 Å². The molecule has 2 unspecified atom stereocenters. The first-order valence-corrected chi connectivity index (χ1v) is 5.92. The molecule has 84 valence electrons. The molecule has 0 spiro atoms. The number of benzene rings is 1. The van der Waals surface area contributed by atoms with Gasteiger partial charge >= 0.3 is 0 Å². The van der Waals surface area contributed by atoms with E-state index in [1.807, 2.05) is 31.2 Å². The van der Waals surface area contributed by atoms with Crippen molar-refractivity contribution in [3.8, 4) is 0 Å². The lowest BCUT2D eigenvalue weighted by Crippen LogP contribution is -2.29. The molecule has 1 aromatic rings. The first-order chi connectivity index (χ1) is 7.17. The Morgan fingerprint density at radius 1 is 1.33 bits per heavy atom.